The molecule has 26 heavy (non-hydrogen) atoms. The van der Waals surface area contributed by atoms with Crippen LogP contribution in [0.2, 0.25) is 0 Å². The molecule has 3 amide bonds. The van der Waals surface area contributed by atoms with Gasteiger partial charge in [0, 0.05) is 13.0 Å². The number of benzene rings is 1. The second kappa shape index (κ2) is 7.61. The molecule has 0 bridgehead atoms. The van der Waals surface area contributed by atoms with E-state index in [-0.39, 0.29) is 24.3 Å². The van der Waals surface area contributed by atoms with Crippen LogP contribution in [-0.4, -0.2) is 46.2 Å². The molecule has 1 N–H and O–H groups in total. The second-order valence-corrected chi connectivity index (χ2v) is 7.24. The van der Waals surface area contributed by atoms with E-state index in [2.05, 4.69) is 15.5 Å². The predicted octanol–water partition coefficient (Wildman–Crippen LogP) is 2.58. The Morgan fingerprint density at radius 2 is 1.85 bits per heavy atom. The Balaban J connectivity index is 1.55. The van der Waals surface area contributed by atoms with Crippen molar-refractivity contribution in [1.82, 2.24) is 15.1 Å². The van der Waals surface area contributed by atoms with Crippen molar-refractivity contribution in [3.63, 3.8) is 0 Å². The number of fused-ring (bicyclic) bond motifs is 1. The van der Waals surface area contributed by atoms with Gasteiger partial charge in [-0.3, -0.25) is 19.8 Å². The van der Waals surface area contributed by atoms with Crippen LogP contribution in [0, 0.1) is 5.92 Å². The summed E-state index contributed by atoms with van der Waals surface area (Å²) in [6.45, 7) is 4.40. The van der Waals surface area contributed by atoms with Crippen LogP contribution in [0.1, 0.15) is 39.6 Å². The average molecular weight is 374 g/mol. The van der Waals surface area contributed by atoms with Crippen molar-refractivity contribution in [2.24, 2.45) is 5.92 Å². The van der Waals surface area contributed by atoms with E-state index in [0.717, 1.165) is 0 Å². The molecule has 3 rings (SSSR count). The normalized spacial score (nSPS) is 13.3. The number of hydrogen-bond acceptors (Lipinski definition) is 7. The molecule has 0 saturated heterocycles. The van der Waals surface area contributed by atoms with Gasteiger partial charge in [-0.05, 0) is 18.1 Å². The van der Waals surface area contributed by atoms with Crippen molar-refractivity contribution in [2.75, 3.05) is 18.5 Å². The number of rotatable bonds is 6. The maximum Gasteiger partial charge on any atom is 0.413 e. The summed E-state index contributed by atoms with van der Waals surface area (Å²) in [7, 11) is 0. The Labute approximate surface area is 154 Å². The van der Waals surface area contributed by atoms with Crippen LogP contribution in [0.25, 0.3) is 0 Å². The van der Waals surface area contributed by atoms with E-state index in [0.29, 0.717) is 34.3 Å². The monoisotopic (exact) mass is 374 g/mol. The van der Waals surface area contributed by atoms with Gasteiger partial charge < -0.3 is 4.74 Å². The van der Waals surface area contributed by atoms with Gasteiger partial charge in [-0.25, -0.2) is 4.79 Å². The van der Waals surface area contributed by atoms with E-state index in [4.69, 9.17) is 4.74 Å². The van der Waals surface area contributed by atoms with E-state index < -0.39 is 6.09 Å². The highest BCUT2D eigenvalue weighted by Gasteiger charge is 2.34. The van der Waals surface area contributed by atoms with Crippen molar-refractivity contribution in [2.45, 2.75) is 20.3 Å². The summed E-state index contributed by atoms with van der Waals surface area (Å²) >= 11 is 1.18. The fourth-order valence-corrected chi connectivity index (χ4v) is 3.13. The molecular weight excluding hydrogens is 356 g/mol. The third kappa shape index (κ3) is 3.88. The van der Waals surface area contributed by atoms with Gasteiger partial charge >= 0.3 is 6.09 Å². The van der Waals surface area contributed by atoms with Crippen molar-refractivity contribution in [1.29, 1.82) is 0 Å². The Kier molecular flexibility index (Phi) is 5.27. The van der Waals surface area contributed by atoms with E-state index >= 15 is 0 Å². The third-order valence-electron chi connectivity index (χ3n) is 3.65. The highest BCUT2D eigenvalue weighted by atomic mass is 32.1. The molecule has 1 aromatic heterocycles. The summed E-state index contributed by atoms with van der Waals surface area (Å²) < 4.78 is 5.01. The van der Waals surface area contributed by atoms with Crippen molar-refractivity contribution in [3.8, 4) is 0 Å². The molecule has 1 aliphatic rings. The number of imide groups is 1. The quantitative estimate of drug-likeness (QED) is 0.780. The average Bonchev–Trinajstić information content (AvgIpc) is 3.15. The summed E-state index contributed by atoms with van der Waals surface area (Å²) in [5.74, 6) is -0.359. The molecule has 1 aromatic carbocycles. The number of ether oxygens (including phenoxy) is 1. The molecule has 0 saturated carbocycles. The standard InChI is InChI=1S/C17H18N4O4S/c1-10(2)9-25-17(24)18-16-20-19-13(26-16)7-8-21-14(22)11-5-3-4-6-12(11)15(21)23/h3-6,10H,7-9H2,1-2H3,(H,18,20,24). The molecule has 9 heteroatoms. The number of carbonyl (C=O) groups excluding carboxylic acids is 3. The fourth-order valence-electron chi connectivity index (χ4n) is 2.42. The van der Waals surface area contributed by atoms with Gasteiger partial charge in [0.05, 0.1) is 17.7 Å². The highest BCUT2D eigenvalue weighted by Crippen LogP contribution is 2.23. The number of hydrogen-bond donors (Lipinski definition) is 1. The lowest BCUT2D eigenvalue weighted by atomic mass is 10.1. The molecule has 8 nitrogen and oxygen atoms in total. The molecule has 136 valence electrons. The Hall–Kier alpha value is -2.81. The lowest BCUT2D eigenvalue weighted by molar-refractivity contribution is 0.0656. The van der Waals surface area contributed by atoms with Crippen LogP contribution in [0.4, 0.5) is 9.93 Å². The second-order valence-electron chi connectivity index (χ2n) is 6.18. The van der Waals surface area contributed by atoms with E-state index in [9.17, 15) is 14.4 Å². The maximum atomic E-state index is 12.3. The van der Waals surface area contributed by atoms with Gasteiger partial charge in [-0.2, -0.15) is 0 Å². The largest absolute Gasteiger partial charge is 0.449 e. The highest BCUT2D eigenvalue weighted by molar-refractivity contribution is 7.15. The van der Waals surface area contributed by atoms with Gasteiger partial charge in [-0.15, -0.1) is 10.2 Å². The molecule has 0 radical (unpaired) electrons. The predicted molar refractivity (Wildman–Crippen MR) is 95.2 cm³/mol. The van der Waals surface area contributed by atoms with Crippen molar-refractivity contribution >= 4 is 34.4 Å². The molecule has 1 aliphatic heterocycles. The topological polar surface area (TPSA) is 101 Å². The SMILES string of the molecule is CC(C)COC(=O)Nc1nnc(CCN2C(=O)c3ccccc3C2=O)s1. The Morgan fingerprint density at radius 1 is 1.19 bits per heavy atom. The summed E-state index contributed by atoms with van der Waals surface area (Å²) in [5, 5.41) is 11.3. The number of carbonyl (C=O) groups is 3. The van der Waals surface area contributed by atoms with Crippen LogP contribution < -0.4 is 5.32 Å². The zero-order valence-corrected chi connectivity index (χ0v) is 15.2. The number of nitrogens with one attached hydrogen (secondary N) is 1. The van der Waals surface area contributed by atoms with Gasteiger partial charge in [-0.1, -0.05) is 37.3 Å². The summed E-state index contributed by atoms with van der Waals surface area (Å²) in [5.41, 5.74) is 0.843. The van der Waals surface area contributed by atoms with E-state index in [1.54, 1.807) is 24.3 Å². The molecule has 2 aromatic rings. The number of amides is 3. The lowest BCUT2D eigenvalue weighted by Gasteiger charge is -2.12. The minimum absolute atomic E-state index is 0.207. The zero-order valence-electron chi connectivity index (χ0n) is 14.4. The number of nitrogens with zero attached hydrogens (tertiary/aromatic N) is 3. The fraction of sp³-hybridized carbons (Fsp3) is 0.353. The molecule has 0 aliphatic carbocycles. The summed E-state index contributed by atoms with van der Waals surface area (Å²) in [6, 6.07) is 6.75. The lowest BCUT2D eigenvalue weighted by Crippen LogP contribution is -2.31. The molecule has 0 atom stereocenters. The number of anilines is 1. The van der Waals surface area contributed by atoms with Crippen LogP contribution in [0.15, 0.2) is 24.3 Å². The Bertz CT molecular complexity index is 814. The van der Waals surface area contributed by atoms with E-state index in [1.807, 2.05) is 13.8 Å². The summed E-state index contributed by atoms with van der Waals surface area (Å²) in [6.07, 6.45) is -0.215. The maximum absolute atomic E-state index is 12.3. The first-order valence-corrected chi connectivity index (χ1v) is 8.98. The number of aromatic nitrogens is 2. The summed E-state index contributed by atoms with van der Waals surface area (Å²) in [4.78, 5) is 37.4. The first-order valence-electron chi connectivity index (χ1n) is 8.17. The molecule has 2 heterocycles. The first kappa shape index (κ1) is 18.0. The van der Waals surface area contributed by atoms with Gasteiger partial charge in [0.25, 0.3) is 11.8 Å². The van der Waals surface area contributed by atoms with E-state index in [1.165, 1.54) is 16.2 Å². The van der Waals surface area contributed by atoms with Crippen LogP contribution in [0.5, 0.6) is 0 Å². The smallest absolute Gasteiger partial charge is 0.413 e. The van der Waals surface area contributed by atoms with Crippen molar-refractivity contribution in [3.05, 3.63) is 40.4 Å². The van der Waals surface area contributed by atoms with Gasteiger partial charge in [0.1, 0.15) is 5.01 Å². The molecule has 0 unspecified atom stereocenters. The molecular formula is C17H18N4O4S. The minimum atomic E-state index is -0.582. The zero-order chi connectivity index (χ0) is 18.7. The van der Waals surface area contributed by atoms with Gasteiger partial charge in [0.15, 0.2) is 0 Å². The van der Waals surface area contributed by atoms with Crippen LogP contribution in [0.3, 0.4) is 0 Å². The first-order chi connectivity index (χ1) is 12.5. The third-order valence-corrected chi connectivity index (χ3v) is 4.55. The van der Waals surface area contributed by atoms with Crippen LogP contribution >= 0.6 is 11.3 Å². The van der Waals surface area contributed by atoms with Gasteiger partial charge in [0.2, 0.25) is 5.13 Å². The minimum Gasteiger partial charge on any atom is -0.449 e. The Morgan fingerprint density at radius 3 is 2.46 bits per heavy atom. The van der Waals surface area contributed by atoms with Crippen LogP contribution in [-0.2, 0) is 11.2 Å². The van der Waals surface area contributed by atoms with Crippen molar-refractivity contribution < 1.29 is 19.1 Å². The molecule has 0 fully saturated rings. The molecule has 0 spiro atoms.